The second-order valence-electron chi connectivity index (χ2n) is 6.20. The number of halogens is 1. The molecule has 1 saturated carbocycles. The first kappa shape index (κ1) is 15.0. The average Bonchev–Trinajstić information content (AvgIpc) is 3.43. The van der Waals surface area contributed by atoms with Crippen molar-refractivity contribution in [1.82, 2.24) is 10.3 Å². The molecule has 0 spiro atoms. The molecule has 1 aliphatic carbocycles. The van der Waals surface area contributed by atoms with Crippen LogP contribution in [0.15, 0.2) is 42.6 Å². The minimum absolute atomic E-state index is 0.146. The Balaban J connectivity index is 1.89. The van der Waals surface area contributed by atoms with Gasteiger partial charge in [0, 0.05) is 23.8 Å². The molecule has 1 aromatic carbocycles. The Kier molecular flexibility index (Phi) is 3.47. The number of aromatic nitrogens is 1. The molecule has 4 nitrogen and oxygen atoms in total. The number of hydrogen-bond donors (Lipinski definition) is 1. The van der Waals surface area contributed by atoms with Crippen LogP contribution in [0, 0.1) is 17.8 Å². The van der Waals surface area contributed by atoms with Crippen molar-refractivity contribution in [1.29, 1.82) is 0 Å². The first-order valence-corrected chi connectivity index (χ1v) is 8.28. The second kappa shape index (κ2) is 5.54. The van der Waals surface area contributed by atoms with Gasteiger partial charge in [0.2, 0.25) is 0 Å². The molecule has 0 unspecified atom stereocenters. The molecular formula is C19H16ClN3O. The van der Waals surface area contributed by atoms with E-state index in [2.05, 4.69) is 22.1 Å². The van der Waals surface area contributed by atoms with Gasteiger partial charge in [0.15, 0.2) is 0 Å². The van der Waals surface area contributed by atoms with Gasteiger partial charge in [0.25, 0.3) is 0 Å². The number of anilines is 1. The molecule has 2 heterocycles. The van der Waals surface area contributed by atoms with E-state index in [-0.39, 0.29) is 6.03 Å². The summed E-state index contributed by atoms with van der Waals surface area (Å²) in [4.78, 5) is 18.4. The van der Waals surface area contributed by atoms with Gasteiger partial charge >= 0.3 is 6.03 Å². The van der Waals surface area contributed by atoms with Crippen molar-refractivity contribution in [2.75, 3.05) is 11.9 Å². The van der Waals surface area contributed by atoms with E-state index in [1.54, 1.807) is 24.2 Å². The molecule has 0 saturated heterocycles. The van der Waals surface area contributed by atoms with Gasteiger partial charge in [-0.05, 0) is 55.0 Å². The number of carbonyl (C=O) groups is 1. The highest BCUT2D eigenvalue weighted by atomic mass is 35.5. The zero-order valence-electron chi connectivity index (χ0n) is 13.2. The largest absolute Gasteiger partial charge is 0.323 e. The molecule has 4 rings (SSSR count). The van der Waals surface area contributed by atoms with Crippen LogP contribution < -0.4 is 10.2 Å². The minimum Gasteiger partial charge on any atom is -0.317 e. The van der Waals surface area contributed by atoms with Gasteiger partial charge in [0.05, 0.1) is 5.69 Å². The molecule has 2 aliphatic rings. The van der Waals surface area contributed by atoms with Gasteiger partial charge in [-0.2, -0.15) is 0 Å². The van der Waals surface area contributed by atoms with E-state index in [4.69, 9.17) is 11.6 Å². The zero-order valence-corrected chi connectivity index (χ0v) is 14.0. The summed E-state index contributed by atoms with van der Waals surface area (Å²) < 4.78 is 0. The number of benzene rings is 1. The lowest BCUT2D eigenvalue weighted by Crippen LogP contribution is -2.56. The molecule has 1 N–H and O–H groups in total. The highest BCUT2D eigenvalue weighted by Crippen LogP contribution is 2.50. The van der Waals surface area contributed by atoms with E-state index >= 15 is 0 Å². The number of amides is 2. The van der Waals surface area contributed by atoms with Crippen molar-refractivity contribution >= 4 is 23.3 Å². The first-order valence-electron chi connectivity index (χ1n) is 7.90. The van der Waals surface area contributed by atoms with Gasteiger partial charge < -0.3 is 5.32 Å². The molecule has 1 aromatic heterocycles. The fraction of sp³-hybridized carbons (Fsp3) is 0.263. The van der Waals surface area contributed by atoms with Crippen LogP contribution in [-0.4, -0.2) is 18.1 Å². The highest BCUT2D eigenvalue weighted by molar-refractivity contribution is 6.30. The molecule has 1 atom stereocenters. The topological polar surface area (TPSA) is 45.2 Å². The monoisotopic (exact) mass is 337 g/mol. The van der Waals surface area contributed by atoms with Gasteiger partial charge in [-0.1, -0.05) is 23.6 Å². The van der Waals surface area contributed by atoms with Crippen LogP contribution in [-0.2, 0) is 5.54 Å². The number of nitrogens with zero attached hydrogens (tertiary/aromatic N) is 2. The molecule has 24 heavy (non-hydrogen) atoms. The van der Waals surface area contributed by atoms with E-state index in [1.165, 1.54) is 0 Å². The third kappa shape index (κ3) is 2.42. The first-order chi connectivity index (χ1) is 11.6. The predicted molar refractivity (Wildman–Crippen MR) is 93.9 cm³/mol. The summed E-state index contributed by atoms with van der Waals surface area (Å²) in [6, 6.07) is 11.1. The van der Waals surface area contributed by atoms with Gasteiger partial charge in [-0.25, -0.2) is 9.78 Å². The molecule has 0 bridgehead atoms. The lowest BCUT2D eigenvalue weighted by Gasteiger charge is -2.40. The van der Waals surface area contributed by atoms with E-state index in [0.717, 1.165) is 24.1 Å². The number of fused-ring (bicyclic) bond motifs is 1. The number of carbonyl (C=O) groups excluding carboxylic acids is 1. The SMILES string of the molecule is CN1C(=O)N[C@](C#Cc2ccccn2)(C2CC2)c2cc(Cl)ccc21. The minimum atomic E-state index is -0.707. The van der Waals surface area contributed by atoms with Crippen LogP contribution in [0.4, 0.5) is 10.5 Å². The molecule has 2 amide bonds. The molecular weight excluding hydrogens is 322 g/mol. The Morgan fingerprint density at radius 1 is 1.33 bits per heavy atom. The van der Waals surface area contributed by atoms with Crippen molar-refractivity contribution in [2.24, 2.45) is 5.92 Å². The maximum absolute atomic E-state index is 12.5. The molecule has 1 fully saturated rings. The van der Waals surface area contributed by atoms with E-state index in [9.17, 15) is 4.79 Å². The summed E-state index contributed by atoms with van der Waals surface area (Å²) in [6.07, 6.45) is 3.78. The number of hydrogen-bond acceptors (Lipinski definition) is 2. The summed E-state index contributed by atoms with van der Waals surface area (Å²) in [5.74, 6) is 6.75. The van der Waals surface area contributed by atoms with Gasteiger partial charge in [-0.3, -0.25) is 4.90 Å². The normalized spacial score (nSPS) is 22.2. The summed E-state index contributed by atoms with van der Waals surface area (Å²) >= 11 is 6.24. The zero-order chi connectivity index (χ0) is 16.7. The van der Waals surface area contributed by atoms with Crippen LogP contribution in [0.2, 0.25) is 5.02 Å². The smallest absolute Gasteiger partial charge is 0.317 e. The van der Waals surface area contributed by atoms with E-state index in [1.807, 2.05) is 30.3 Å². The maximum atomic E-state index is 12.5. The standard InChI is InChI=1S/C19H16ClN3O/c1-23-17-8-7-14(20)12-16(17)19(13-5-6-13,22-18(23)24)10-9-15-4-2-3-11-21-15/h2-4,7-8,11-13H,5-6H2,1H3,(H,22,24)/t19-/m1/s1. The Hall–Kier alpha value is -2.51. The van der Waals surface area contributed by atoms with Crippen LogP contribution in [0.5, 0.6) is 0 Å². The molecule has 2 aromatic rings. The fourth-order valence-corrected chi connectivity index (χ4v) is 3.36. The number of rotatable bonds is 1. The lowest BCUT2D eigenvalue weighted by molar-refractivity contribution is 0.232. The van der Waals surface area contributed by atoms with E-state index < -0.39 is 5.54 Å². The van der Waals surface area contributed by atoms with Crippen LogP contribution >= 0.6 is 11.6 Å². The third-order valence-electron chi connectivity index (χ3n) is 4.60. The highest BCUT2D eigenvalue weighted by Gasteiger charge is 2.51. The quantitative estimate of drug-likeness (QED) is 0.809. The number of urea groups is 1. The van der Waals surface area contributed by atoms with Crippen molar-refractivity contribution in [3.05, 3.63) is 58.9 Å². The van der Waals surface area contributed by atoms with Crippen molar-refractivity contribution in [3.8, 4) is 11.8 Å². The lowest BCUT2D eigenvalue weighted by atomic mass is 9.82. The number of pyridine rings is 1. The number of nitrogens with one attached hydrogen (secondary N) is 1. The van der Waals surface area contributed by atoms with Crippen LogP contribution in [0.25, 0.3) is 0 Å². The summed E-state index contributed by atoms with van der Waals surface area (Å²) in [5.41, 5.74) is 1.80. The third-order valence-corrected chi connectivity index (χ3v) is 4.83. The molecule has 1 aliphatic heterocycles. The van der Waals surface area contributed by atoms with Gasteiger partial charge in [0.1, 0.15) is 11.2 Å². The fourth-order valence-electron chi connectivity index (χ4n) is 3.18. The van der Waals surface area contributed by atoms with Gasteiger partial charge in [-0.15, -0.1) is 0 Å². The molecule has 5 heteroatoms. The van der Waals surface area contributed by atoms with Crippen molar-refractivity contribution in [2.45, 2.75) is 18.4 Å². The summed E-state index contributed by atoms with van der Waals surface area (Å²) in [7, 11) is 1.76. The van der Waals surface area contributed by atoms with Crippen LogP contribution in [0.3, 0.4) is 0 Å². The Morgan fingerprint density at radius 3 is 2.88 bits per heavy atom. The average molecular weight is 338 g/mol. The van der Waals surface area contributed by atoms with Crippen molar-refractivity contribution in [3.63, 3.8) is 0 Å². The Morgan fingerprint density at radius 2 is 2.17 bits per heavy atom. The summed E-state index contributed by atoms with van der Waals surface area (Å²) in [6.45, 7) is 0. The summed E-state index contributed by atoms with van der Waals surface area (Å²) in [5, 5.41) is 3.76. The maximum Gasteiger partial charge on any atom is 0.323 e. The molecule has 120 valence electrons. The Labute approximate surface area is 145 Å². The van der Waals surface area contributed by atoms with Crippen LogP contribution in [0.1, 0.15) is 24.1 Å². The van der Waals surface area contributed by atoms with E-state index in [0.29, 0.717) is 16.6 Å². The van der Waals surface area contributed by atoms with Crippen molar-refractivity contribution < 1.29 is 4.79 Å². The molecule has 0 radical (unpaired) electrons. The predicted octanol–water partition coefficient (Wildman–Crippen LogP) is 3.55. The second-order valence-corrected chi connectivity index (χ2v) is 6.63. The Bertz CT molecular complexity index is 867.